The highest BCUT2D eigenvalue weighted by Crippen LogP contribution is 2.27. The van der Waals surface area contributed by atoms with Crippen molar-refractivity contribution < 1.29 is 38.5 Å². The number of hydrogen-bond acceptors (Lipinski definition) is 5. The fraction of sp³-hybridized carbons (Fsp3) is 0.0435. The summed E-state index contributed by atoms with van der Waals surface area (Å²) in [4.78, 5) is 47.8. The number of halogens is 1. The summed E-state index contributed by atoms with van der Waals surface area (Å²) in [6.45, 7) is 0. The molecule has 3 rings (SSSR count). The molecule has 3 aromatic rings. The molecule has 0 heterocycles. The summed E-state index contributed by atoms with van der Waals surface area (Å²) in [6, 6.07) is 12.9. The van der Waals surface area contributed by atoms with Crippen LogP contribution in [-0.2, 0) is 4.74 Å². The number of anilines is 1. The molecule has 3 N–H and O–H groups in total. The van der Waals surface area contributed by atoms with Gasteiger partial charge in [0.25, 0.3) is 5.91 Å². The number of rotatable bonds is 6. The van der Waals surface area contributed by atoms with Crippen LogP contribution in [0.25, 0.3) is 11.1 Å². The van der Waals surface area contributed by atoms with E-state index in [0.717, 1.165) is 25.3 Å². The summed E-state index contributed by atoms with van der Waals surface area (Å²) in [5.74, 6) is -4.91. The van der Waals surface area contributed by atoms with Crippen LogP contribution in [0, 0.1) is 5.82 Å². The van der Waals surface area contributed by atoms with Crippen molar-refractivity contribution in [3.63, 3.8) is 0 Å². The van der Waals surface area contributed by atoms with Crippen LogP contribution in [0.4, 0.5) is 10.1 Å². The molecular weight excluding hydrogens is 421 g/mol. The van der Waals surface area contributed by atoms with Crippen molar-refractivity contribution >= 4 is 29.5 Å². The molecule has 0 saturated carbocycles. The highest BCUT2D eigenvalue weighted by atomic mass is 19.1. The molecule has 3 aromatic carbocycles. The van der Waals surface area contributed by atoms with Crippen molar-refractivity contribution in [1.82, 2.24) is 0 Å². The predicted octanol–water partition coefficient (Wildman–Crippen LogP) is 3.93. The van der Waals surface area contributed by atoms with Crippen molar-refractivity contribution in [2.45, 2.75) is 0 Å². The summed E-state index contributed by atoms with van der Waals surface area (Å²) in [6.07, 6.45) is 0. The van der Waals surface area contributed by atoms with Crippen molar-refractivity contribution in [3.8, 4) is 11.1 Å². The fourth-order valence-electron chi connectivity index (χ4n) is 3.00. The molecule has 8 nitrogen and oxygen atoms in total. The minimum Gasteiger partial charge on any atom is -0.478 e. The number of benzene rings is 3. The van der Waals surface area contributed by atoms with Crippen LogP contribution in [0.5, 0.6) is 0 Å². The van der Waals surface area contributed by atoms with E-state index in [4.69, 9.17) is 4.74 Å². The number of carbonyl (C=O) groups excluding carboxylic acids is 2. The van der Waals surface area contributed by atoms with E-state index in [9.17, 15) is 33.8 Å². The maximum Gasteiger partial charge on any atom is 0.339 e. The number of carboxylic acids is 2. The second kappa shape index (κ2) is 9.09. The number of aromatic carboxylic acids is 2. The molecule has 0 aliphatic carbocycles. The van der Waals surface area contributed by atoms with Gasteiger partial charge in [0.15, 0.2) is 0 Å². The van der Waals surface area contributed by atoms with Crippen LogP contribution >= 0.6 is 0 Å². The Morgan fingerprint density at radius 1 is 0.781 bits per heavy atom. The fourth-order valence-corrected chi connectivity index (χ4v) is 3.00. The first-order valence-corrected chi connectivity index (χ1v) is 9.11. The predicted molar refractivity (Wildman–Crippen MR) is 111 cm³/mol. The molecule has 0 bridgehead atoms. The van der Waals surface area contributed by atoms with Gasteiger partial charge in [0.1, 0.15) is 5.82 Å². The molecule has 9 heteroatoms. The van der Waals surface area contributed by atoms with Crippen LogP contribution in [0.2, 0.25) is 0 Å². The average molecular weight is 437 g/mol. The first-order chi connectivity index (χ1) is 15.2. The Bertz CT molecular complexity index is 1240. The second-order valence-corrected chi connectivity index (χ2v) is 6.58. The molecule has 0 spiro atoms. The highest BCUT2D eigenvalue weighted by Gasteiger charge is 2.22. The number of carboxylic acid groups (broad SMARTS) is 2. The lowest BCUT2D eigenvalue weighted by Crippen LogP contribution is -2.19. The van der Waals surface area contributed by atoms with Crippen molar-refractivity contribution in [2.75, 3.05) is 12.4 Å². The van der Waals surface area contributed by atoms with Gasteiger partial charge < -0.3 is 20.3 Å². The number of esters is 1. The molecule has 0 radical (unpaired) electrons. The van der Waals surface area contributed by atoms with Gasteiger partial charge in [-0.05, 0) is 53.6 Å². The smallest absolute Gasteiger partial charge is 0.339 e. The lowest BCUT2D eigenvalue weighted by molar-refractivity contribution is 0.0600. The third-order valence-electron chi connectivity index (χ3n) is 4.59. The van der Waals surface area contributed by atoms with E-state index in [1.54, 1.807) is 6.07 Å². The molecule has 0 aliphatic heterocycles. The van der Waals surface area contributed by atoms with Gasteiger partial charge in [-0.15, -0.1) is 0 Å². The average Bonchev–Trinajstić information content (AvgIpc) is 2.78. The third kappa shape index (κ3) is 4.62. The van der Waals surface area contributed by atoms with E-state index < -0.39 is 40.8 Å². The molecular formula is C23H16FNO7. The standard InChI is InChI=1S/C23H16FNO7/c1-32-23(31)17-9-4-13(12-2-6-15(24)7-3-12)11-19(17)25-20(26)18-10-14(21(27)28)5-8-16(18)22(29)30/h2-11H,1H3,(H,25,26)(H,27,28)(H,29,30). The van der Waals surface area contributed by atoms with E-state index in [1.807, 2.05) is 0 Å². The molecule has 0 unspecified atom stereocenters. The summed E-state index contributed by atoms with van der Waals surface area (Å²) < 4.78 is 18.0. The Kier molecular flexibility index (Phi) is 6.29. The Morgan fingerprint density at radius 3 is 2.00 bits per heavy atom. The van der Waals surface area contributed by atoms with Gasteiger partial charge in [-0.2, -0.15) is 0 Å². The zero-order chi connectivity index (χ0) is 23.4. The van der Waals surface area contributed by atoms with E-state index in [1.165, 1.54) is 36.4 Å². The van der Waals surface area contributed by atoms with Gasteiger partial charge >= 0.3 is 17.9 Å². The lowest BCUT2D eigenvalue weighted by atomic mass is 10.0. The molecule has 0 fully saturated rings. The van der Waals surface area contributed by atoms with Crippen LogP contribution in [0.1, 0.15) is 41.4 Å². The van der Waals surface area contributed by atoms with Gasteiger partial charge in [-0.3, -0.25) is 4.79 Å². The van der Waals surface area contributed by atoms with Crippen LogP contribution in [0.15, 0.2) is 60.7 Å². The van der Waals surface area contributed by atoms with Gasteiger partial charge in [0.2, 0.25) is 0 Å². The SMILES string of the molecule is COC(=O)c1ccc(-c2ccc(F)cc2)cc1NC(=O)c1cc(C(=O)O)ccc1C(=O)O. The zero-order valence-corrected chi connectivity index (χ0v) is 16.6. The van der Waals surface area contributed by atoms with Gasteiger partial charge in [-0.1, -0.05) is 18.2 Å². The molecule has 0 atom stereocenters. The maximum atomic E-state index is 13.2. The molecule has 32 heavy (non-hydrogen) atoms. The molecule has 0 aromatic heterocycles. The summed E-state index contributed by atoms with van der Waals surface area (Å²) in [5, 5.41) is 21.0. The first kappa shape index (κ1) is 22.2. The van der Waals surface area contributed by atoms with Crippen LogP contribution in [0.3, 0.4) is 0 Å². The number of amides is 1. The second-order valence-electron chi connectivity index (χ2n) is 6.58. The first-order valence-electron chi connectivity index (χ1n) is 9.11. The molecule has 0 aliphatic rings. The zero-order valence-electron chi connectivity index (χ0n) is 16.6. The van der Waals surface area contributed by atoms with E-state index >= 15 is 0 Å². The Balaban J connectivity index is 2.07. The van der Waals surface area contributed by atoms with Crippen LogP contribution in [-0.4, -0.2) is 41.1 Å². The van der Waals surface area contributed by atoms with Gasteiger partial charge in [0.05, 0.1) is 35.1 Å². The third-order valence-corrected chi connectivity index (χ3v) is 4.59. The number of nitrogens with one attached hydrogen (secondary N) is 1. The minimum atomic E-state index is -1.43. The summed E-state index contributed by atoms with van der Waals surface area (Å²) in [7, 11) is 1.15. The largest absolute Gasteiger partial charge is 0.478 e. The Morgan fingerprint density at radius 2 is 1.41 bits per heavy atom. The lowest BCUT2D eigenvalue weighted by Gasteiger charge is -2.13. The van der Waals surface area contributed by atoms with Gasteiger partial charge in [-0.25, -0.2) is 18.8 Å². The van der Waals surface area contributed by atoms with Crippen LogP contribution < -0.4 is 5.32 Å². The Hall–Kier alpha value is -4.53. The number of ether oxygens (including phenoxy) is 1. The van der Waals surface area contributed by atoms with Crippen molar-refractivity contribution in [1.29, 1.82) is 0 Å². The van der Waals surface area contributed by atoms with E-state index in [2.05, 4.69) is 5.32 Å². The summed E-state index contributed by atoms with van der Waals surface area (Å²) in [5.41, 5.74) is 0.0115. The van der Waals surface area contributed by atoms with Crippen molar-refractivity contribution in [2.24, 2.45) is 0 Å². The van der Waals surface area contributed by atoms with E-state index in [0.29, 0.717) is 11.1 Å². The maximum absolute atomic E-state index is 13.2. The van der Waals surface area contributed by atoms with E-state index in [-0.39, 0.29) is 16.8 Å². The topological polar surface area (TPSA) is 130 Å². The molecule has 0 saturated heterocycles. The normalized spacial score (nSPS) is 10.3. The molecule has 162 valence electrons. The van der Waals surface area contributed by atoms with Crippen molar-refractivity contribution in [3.05, 3.63) is 88.7 Å². The quantitative estimate of drug-likeness (QED) is 0.498. The van der Waals surface area contributed by atoms with Gasteiger partial charge in [0, 0.05) is 0 Å². The Labute approximate surface area is 180 Å². The highest BCUT2D eigenvalue weighted by molar-refractivity contribution is 6.13. The summed E-state index contributed by atoms with van der Waals surface area (Å²) >= 11 is 0. The molecule has 1 amide bonds. The number of carbonyl (C=O) groups is 4. The minimum absolute atomic E-state index is 0.000687. The number of methoxy groups -OCH3 is 1. The number of hydrogen-bond donors (Lipinski definition) is 3. The monoisotopic (exact) mass is 437 g/mol.